The number of hydrogen-bond acceptors (Lipinski definition) is 3. The first-order valence-corrected chi connectivity index (χ1v) is 3.24. The van der Waals surface area contributed by atoms with Crippen molar-refractivity contribution in [1.82, 2.24) is 10.9 Å². The molecule has 5 nitrogen and oxygen atoms in total. The van der Waals surface area contributed by atoms with Crippen molar-refractivity contribution in [3.8, 4) is 0 Å². The van der Waals surface area contributed by atoms with Crippen LogP contribution in [0.3, 0.4) is 0 Å². The van der Waals surface area contributed by atoms with Crippen molar-refractivity contribution in [2.24, 2.45) is 5.73 Å². The van der Waals surface area contributed by atoms with Crippen molar-refractivity contribution in [1.29, 1.82) is 0 Å². The minimum absolute atomic E-state index is 0. The van der Waals surface area contributed by atoms with Crippen molar-refractivity contribution < 1.29 is 40.6 Å². The Morgan fingerprint density at radius 2 is 1.83 bits per heavy atom. The van der Waals surface area contributed by atoms with Gasteiger partial charge in [0.15, 0.2) is 0 Å². The molecule has 0 bridgehead atoms. The van der Waals surface area contributed by atoms with Crippen LogP contribution in [0.1, 0.15) is 1.43 Å². The van der Waals surface area contributed by atoms with E-state index in [-0.39, 0.29) is 31.0 Å². The van der Waals surface area contributed by atoms with Gasteiger partial charge in [-0.1, -0.05) is 31.8 Å². The average molecular weight is 219 g/mol. The summed E-state index contributed by atoms with van der Waals surface area (Å²) in [6.45, 7) is 3.27. The van der Waals surface area contributed by atoms with E-state index < -0.39 is 10.5 Å². The van der Waals surface area contributed by atoms with Crippen molar-refractivity contribution in [3.05, 3.63) is 12.8 Å². The zero-order chi connectivity index (χ0) is 9.28. The Morgan fingerprint density at radius 3 is 1.92 bits per heavy atom. The summed E-state index contributed by atoms with van der Waals surface area (Å²) in [5.41, 5.74) is 8.82. The van der Waals surface area contributed by atoms with Gasteiger partial charge < -0.3 is 12.6 Å². The number of nitrogens with one attached hydrogen (secondary N) is 2. The molecule has 0 aromatic carbocycles. The molecular weight excluding hydrogens is 209 g/mol. The van der Waals surface area contributed by atoms with Crippen LogP contribution in [0.5, 0.6) is 0 Å². The Morgan fingerprint density at radius 1 is 1.50 bits per heavy atom. The molecule has 0 aromatic rings. The standard InChI is InChI=1S/C3H6N2OS.CH3NOS.Na.H/c1-2-4-5-3(6)7;2-1(3)4;;/h2,4H,1H2,(H2,5,6,7);(H3,2,3,4);;/q;;+1;-1. The van der Waals surface area contributed by atoms with Crippen LogP contribution in [-0.4, -0.2) is 10.5 Å². The van der Waals surface area contributed by atoms with E-state index in [0.717, 1.165) is 0 Å². The van der Waals surface area contributed by atoms with Crippen molar-refractivity contribution in [2.75, 3.05) is 0 Å². The van der Waals surface area contributed by atoms with Gasteiger partial charge in [0.2, 0.25) is 0 Å². The summed E-state index contributed by atoms with van der Waals surface area (Å²) in [7, 11) is 0. The monoisotopic (exact) mass is 219 g/mol. The van der Waals surface area contributed by atoms with Crippen LogP contribution in [0.4, 0.5) is 9.59 Å². The minimum Gasteiger partial charge on any atom is -1.00 e. The quantitative estimate of drug-likeness (QED) is 0.200. The summed E-state index contributed by atoms with van der Waals surface area (Å²) in [5.74, 6) is 0. The second-order valence-electron chi connectivity index (χ2n) is 1.12. The Hall–Kier alpha value is 0.180. The molecule has 0 saturated carbocycles. The SMILES string of the molecule is C=CNNC(=O)S.NC(=O)S.[H-].[Na+]. The van der Waals surface area contributed by atoms with E-state index in [0.29, 0.717) is 0 Å². The van der Waals surface area contributed by atoms with Crippen molar-refractivity contribution >= 4 is 35.7 Å². The van der Waals surface area contributed by atoms with Gasteiger partial charge in [-0.2, -0.15) is 0 Å². The van der Waals surface area contributed by atoms with Gasteiger partial charge in [0.25, 0.3) is 10.5 Å². The van der Waals surface area contributed by atoms with Crippen LogP contribution in [0.2, 0.25) is 0 Å². The summed E-state index contributed by atoms with van der Waals surface area (Å²) < 4.78 is 0. The smallest absolute Gasteiger partial charge is 1.00 e. The maximum Gasteiger partial charge on any atom is 1.00 e. The number of carbonyl (C=O) groups excluding carboxylic acids is 2. The number of nitrogens with two attached hydrogens (primary N) is 1. The molecule has 0 fully saturated rings. The summed E-state index contributed by atoms with van der Waals surface area (Å²) in [4.78, 5) is 18.9. The molecule has 0 unspecified atom stereocenters. The first-order chi connectivity index (χ1) is 5.00. The Kier molecular flexibility index (Phi) is 20.7. The van der Waals surface area contributed by atoms with Gasteiger partial charge in [0, 0.05) is 6.20 Å². The molecular formula is C4H10N3NaO2S2. The third kappa shape index (κ3) is 49.1. The molecule has 0 aromatic heterocycles. The predicted molar refractivity (Wildman–Crippen MR) is 50.5 cm³/mol. The van der Waals surface area contributed by atoms with Crippen LogP contribution < -0.4 is 46.1 Å². The first kappa shape index (κ1) is 18.1. The van der Waals surface area contributed by atoms with Gasteiger partial charge in [-0.05, 0) is 0 Å². The fraction of sp³-hybridized carbons (Fsp3) is 0. The molecule has 0 atom stereocenters. The molecule has 0 radical (unpaired) electrons. The maximum atomic E-state index is 9.85. The van der Waals surface area contributed by atoms with Gasteiger partial charge in [0.1, 0.15) is 0 Å². The van der Waals surface area contributed by atoms with E-state index in [1.54, 1.807) is 0 Å². The summed E-state index contributed by atoms with van der Waals surface area (Å²) in [6.07, 6.45) is 1.34. The Balaban J connectivity index is -0.0000000600. The zero-order valence-electron chi connectivity index (χ0n) is 7.57. The minimum atomic E-state index is -0.639. The number of primary amides is 1. The molecule has 8 heteroatoms. The van der Waals surface area contributed by atoms with Crippen LogP contribution in [0.25, 0.3) is 0 Å². The summed E-state index contributed by atoms with van der Waals surface area (Å²) in [5, 5.41) is -1.07. The molecule has 0 aliphatic rings. The number of hydrogen-bond donors (Lipinski definition) is 5. The molecule has 2 amide bonds. The molecule has 0 spiro atoms. The van der Waals surface area contributed by atoms with E-state index >= 15 is 0 Å². The number of thiol groups is 2. The van der Waals surface area contributed by atoms with Gasteiger partial charge in [-0.3, -0.25) is 15.0 Å². The van der Waals surface area contributed by atoms with Gasteiger partial charge in [0.05, 0.1) is 0 Å². The van der Waals surface area contributed by atoms with Gasteiger partial charge >= 0.3 is 29.6 Å². The summed E-state index contributed by atoms with van der Waals surface area (Å²) >= 11 is 6.48. The Bertz CT molecular complexity index is 156. The topological polar surface area (TPSA) is 84.2 Å². The molecule has 0 aliphatic carbocycles. The first-order valence-electron chi connectivity index (χ1n) is 2.34. The van der Waals surface area contributed by atoms with Gasteiger partial charge in [-0.25, -0.2) is 0 Å². The third-order valence-electron chi connectivity index (χ3n) is 0.281. The van der Waals surface area contributed by atoms with E-state index in [9.17, 15) is 4.79 Å². The molecule has 12 heavy (non-hydrogen) atoms. The molecule has 0 saturated heterocycles. The van der Waals surface area contributed by atoms with Crippen LogP contribution in [0, 0.1) is 0 Å². The van der Waals surface area contributed by atoms with Crippen LogP contribution in [0.15, 0.2) is 12.8 Å². The third-order valence-corrected chi connectivity index (χ3v) is 0.393. The number of carbonyl (C=O) groups is 2. The van der Waals surface area contributed by atoms with Gasteiger partial charge in [-0.15, -0.1) is 0 Å². The van der Waals surface area contributed by atoms with E-state index in [1.807, 2.05) is 0 Å². The molecule has 4 N–H and O–H groups in total. The molecule has 0 heterocycles. The molecule has 66 valence electrons. The largest absolute Gasteiger partial charge is 1.00 e. The Labute approximate surface area is 105 Å². The molecule has 0 rings (SSSR count). The second-order valence-corrected chi connectivity index (χ2v) is 1.96. The normalized spacial score (nSPS) is 6.17. The predicted octanol–water partition coefficient (Wildman–Crippen LogP) is -2.61. The van der Waals surface area contributed by atoms with Crippen LogP contribution in [-0.2, 0) is 0 Å². The average Bonchev–Trinajstić information content (AvgIpc) is 1.82. The fourth-order valence-electron chi connectivity index (χ4n) is 0.113. The number of amides is 2. The number of rotatable bonds is 2. The molecule has 0 aliphatic heterocycles. The maximum absolute atomic E-state index is 9.85. The van der Waals surface area contributed by atoms with Crippen molar-refractivity contribution in [2.45, 2.75) is 0 Å². The summed E-state index contributed by atoms with van der Waals surface area (Å²) in [6, 6.07) is 0. The fourth-order valence-corrected chi connectivity index (χ4v) is 0.177. The zero-order valence-corrected chi connectivity index (χ0v) is 10.4. The van der Waals surface area contributed by atoms with E-state index in [1.165, 1.54) is 6.20 Å². The van der Waals surface area contributed by atoms with E-state index in [4.69, 9.17) is 4.79 Å². The second kappa shape index (κ2) is 13.7. The van der Waals surface area contributed by atoms with Crippen LogP contribution >= 0.6 is 25.3 Å². The number of hydrazine groups is 1. The van der Waals surface area contributed by atoms with E-state index in [2.05, 4.69) is 48.4 Å². The van der Waals surface area contributed by atoms with Crippen molar-refractivity contribution in [3.63, 3.8) is 0 Å².